The Kier molecular flexibility index (Phi) is 3.06. The van der Waals surface area contributed by atoms with Gasteiger partial charge in [0.25, 0.3) is 5.91 Å². The number of rotatable bonds is 2. The lowest BCUT2D eigenvalue weighted by atomic mass is 10.1. The molecule has 0 spiro atoms. The fraction of sp³-hybridized carbons (Fsp3) is 0.133. The van der Waals surface area contributed by atoms with Gasteiger partial charge in [0.2, 0.25) is 6.79 Å². The molecule has 0 saturated heterocycles. The number of carbonyl (C=O) groups excluding carboxylic acids is 1. The molecule has 2 aromatic carbocycles. The zero-order chi connectivity index (χ0) is 15.0. The zero-order valence-corrected chi connectivity index (χ0v) is 11.2. The number of fused-ring (bicyclic) bond motifs is 1. The van der Waals surface area contributed by atoms with Crippen molar-refractivity contribution < 1.29 is 24.5 Å². The first-order valence-electron chi connectivity index (χ1n) is 6.28. The predicted molar refractivity (Wildman–Crippen MR) is 75.0 cm³/mol. The molecule has 6 nitrogen and oxygen atoms in total. The number of phenols is 2. The van der Waals surface area contributed by atoms with Gasteiger partial charge in [0.05, 0.1) is 5.56 Å². The lowest BCUT2D eigenvalue weighted by Crippen LogP contribution is -2.12. The quantitative estimate of drug-likeness (QED) is 0.738. The number of phenolic OH excluding ortho intramolecular Hbond substituents is 2. The lowest BCUT2D eigenvalue weighted by Gasteiger charge is -2.09. The van der Waals surface area contributed by atoms with Crippen LogP contribution >= 0.6 is 0 Å². The molecule has 0 bridgehead atoms. The van der Waals surface area contributed by atoms with Gasteiger partial charge in [0.1, 0.15) is 0 Å². The Morgan fingerprint density at radius 2 is 1.90 bits per heavy atom. The number of hydrogen-bond acceptors (Lipinski definition) is 5. The van der Waals surface area contributed by atoms with Crippen LogP contribution in [0.2, 0.25) is 0 Å². The normalized spacial score (nSPS) is 12.2. The van der Waals surface area contributed by atoms with Gasteiger partial charge in [-0.25, -0.2) is 0 Å². The van der Waals surface area contributed by atoms with Crippen LogP contribution in [0.1, 0.15) is 15.9 Å². The summed E-state index contributed by atoms with van der Waals surface area (Å²) >= 11 is 0. The molecule has 1 aliphatic rings. The van der Waals surface area contributed by atoms with Crippen molar-refractivity contribution in [2.75, 3.05) is 12.1 Å². The summed E-state index contributed by atoms with van der Waals surface area (Å²) in [4.78, 5) is 12.2. The van der Waals surface area contributed by atoms with Crippen LogP contribution in [0.5, 0.6) is 23.0 Å². The highest BCUT2D eigenvalue weighted by atomic mass is 16.7. The lowest BCUT2D eigenvalue weighted by molar-refractivity contribution is 0.102. The highest BCUT2D eigenvalue weighted by molar-refractivity contribution is 6.06. The minimum absolute atomic E-state index is 0.00478. The van der Waals surface area contributed by atoms with Gasteiger partial charge in [-0.1, -0.05) is 0 Å². The van der Waals surface area contributed by atoms with Crippen molar-refractivity contribution in [1.29, 1.82) is 0 Å². The Morgan fingerprint density at radius 1 is 1.14 bits per heavy atom. The molecule has 6 heteroatoms. The van der Waals surface area contributed by atoms with Crippen LogP contribution in [0.25, 0.3) is 0 Å². The maximum atomic E-state index is 12.2. The molecular formula is C15H13NO5. The van der Waals surface area contributed by atoms with Crippen LogP contribution < -0.4 is 14.8 Å². The van der Waals surface area contributed by atoms with Crippen molar-refractivity contribution in [3.63, 3.8) is 0 Å². The Morgan fingerprint density at radius 3 is 2.71 bits per heavy atom. The summed E-state index contributed by atoms with van der Waals surface area (Å²) in [5.74, 6) is -0.136. The summed E-state index contributed by atoms with van der Waals surface area (Å²) in [5.41, 5.74) is 1.18. The van der Waals surface area contributed by atoms with Gasteiger partial charge in [0, 0.05) is 11.8 Å². The van der Waals surface area contributed by atoms with Gasteiger partial charge in [-0.05, 0) is 36.8 Å². The fourth-order valence-corrected chi connectivity index (χ4v) is 2.11. The second-order valence-corrected chi connectivity index (χ2v) is 4.70. The molecule has 0 fully saturated rings. The van der Waals surface area contributed by atoms with E-state index in [1.165, 1.54) is 12.1 Å². The van der Waals surface area contributed by atoms with Gasteiger partial charge in [-0.15, -0.1) is 0 Å². The van der Waals surface area contributed by atoms with Crippen LogP contribution in [-0.4, -0.2) is 22.9 Å². The van der Waals surface area contributed by atoms with Crippen molar-refractivity contribution in [3.05, 3.63) is 41.5 Å². The highest BCUT2D eigenvalue weighted by Crippen LogP contribution is 2.35. The summed E-state index contributed by atoms with van der Waals surface area (Å²) in [5, 5.41) is 22.0. The van der Waals surface area contributed by atoms with E-state index in [0.29, 0.717) is 22.7 Å². The van der Waals surface area contributed by atoms with Crippen molar-refractivity contribution in [2.24, 2.45) is 0 Å². The number of aromatic hydroxyl groups is 2. The van der Waals surface area contributed by atoms with Crippen molar-refractivity contribution >= 4 is 11.6 Å². The van der Waals surface area contributed by atoms with Crippen LogP contribution in [0.15, 0.2) is 30.3 Å². The third-order valence-electron chi connectivity index (χ3n) is 3.11. The van der Waals surface area contributed by atoms with Crippen LogP contribution in [0, 0.1) is 6.92 Å². The minimum Gasteiger partial charge on any atom is -0.504 e. The third kappa shape index (κ3) is 2.43. The van der Waals surface area contributed by atoms with E-state index in [4.69, 9.17) is 9.47 Å². The summed E-state index contributed by atoms with van der Waals surface area (Å²) in [6.45, 7) is 1.87. The SMILES string of the molecule is Cc1cc(O)c(O)c(C(=O)Nc2ccc3c(c2)OCO3)c1. The second kappa shape index (κ2) is 4.90. The van der Waals surface area contributed by atoms with Gasteiger partial charge < -0.3 is 25.0 Å². The summed E-state index contributed by atoms with van der Waals surface area (Å²) in [6.07, 6.45) is 0. The zero-order valence-electron chi connectivity index (χ0n) is 11.2. The Labute approximate surface area is 120 Å². The monoisotopic (exact) mass is 287 g/mol. The fourth-order valence-electron chi connectivity index (χ4n) is 2.11. The molecule has 0 radical (unpaired) electrons. The molecule has 3 N–H and O–H groups in total. The molecule has 1 amide bonds. The number of carbonyl (C=O) groups is 1. The first-order chi connectivity index (χ1) is 10.0. The molecule has 2 aromatic rings. The van der Waals surface area contributed by atoms with Gasteiger partial charge in [-0.2, -0.15) is 0 Å². The topological polar surface area (TPSA) is 88.0 Å². The molecule has 1 aliphatic heterocycles. The molecule has 1 heterocycles. The molecule has 108 valence electrons. The predicted octanol–water partition coefficient (Wildman–Crippen LogP) is 2.39. The molecule has 0 aliphatic carbocycles. The number of aryl methyl sites for hydroxylation is 1. The number of nitrogens with one attached hydrogen (secondary N) is 1. The van der Waals surface area contributed by atoms with E-state index in [2.05, 4.69) is 5.32 Å². The maximum Gasteiger partial charge on any atom is 0.259 e. The van der Waals surface area contributed by atoms with E-state index in [-0.39, 0.29) is 18.1 Å². The summed E-state index contributed by atoms with van der Waals surface area (Å²) in [6, 6.07) is 7.86. The van der Waals surface area contributed by atoms with Crippen LogP contribution in [0.3, 0.4) is 0 Å². The van der Waals surface area contributed by atoms with Crippen LogP contribution in [-0.2, 0) is 0 Å². The molecule has 0 aromatic heterocycles. The first-order valence-corrected chi connectivity index (χ1v) is 6.28. The molecule has 0 saturated carbocycles. The van der Waals surface area contributed by atoms with Gasteiger partial charge >= 0.3 is 0 Å². The van der Waals surface area contributed by atoms with E-state index >= 15 is 0 Å². The molecule has 3 rings (SSSR count). The van der Waals surface area contributed by atoms with E-state index in [9.17, 15) is 15.0 Å². The second-order valence-electron chi connectivity index (χ2n) is 4.70. The average molecular weight is 287 g/mol. The van der Waals surface area contributed by atoms with E-state index in [1.54, 1.807) is 25.1 Å². The largest absolute Gasteiger partial charge is 0.504 e. The number of anilines is 1. The maximum absolute atomic E-state index is 12.2. The Hall–Kier alpha value is -2.89. The van der Waals surface area contributed by atoms with Gasteiger partial charge in [0.15, 0.2) is 23.0 Å². The summed E-state index contributed by atoms with van der Waals surface area (Å²) < 4.78 is 10.4. The van der Waals surface area contributed by atoms with E-state index in [1.807, 2.05) is 0 Å². The number of ether oxygens (including phenoxy) is 2. The first kappa shape index (κ1) is 13.1. The molecule has 21 heavy (non-hydrogen) atoms. The van der Waals surface area contributed by atoms with Crippen LogP contribution in [0.4, 0.5) is 5.69 Å². The molecule has 0 unspecified atom stereocenters. The Bertz CT molecular complexity index is 726. The summed E-state index contributed by atoms with van der Waals surface area (Å²) in [7, 11) is 0. The minimum atomic E-state index is -0.523. The number of hydrogen-bond donors (Lipinski definition) is 3. The highest BCUT2D eigenvalue weighted by Gasteiger charge is 2.18. The van der Waals surface area contributed by atoms with E-state index < -0.39 is 11.7 Å². The third-order valence-corrected chi connectivity index (χ3v) is 3.11. The average Bonchev–Trinajstić information content (AvgIpc) is 2.90. The number of benzene rings is 2. The number of amides is 1. The smallest absolute Gasteiger partial charge is 0.259 e. The Balaban J connectivity index is 1.87. The van der Waals surface area contributed by atoms with E-state index in [0.717, 1.165) is 0 Å². The molecular weight excluding hydrogens is 274 g/mol. The standard InChI is InChI=1S/C15H13NO5/c1-8-4-10(14(18)11(17)5-8)15(19)16-9-2-3-12-13(6-9)21-7-20-12/h2-6,17-18H,7H2,1H3,(H,16,19). The molecule has 0 atom stereocenters. The van der Waals surface area contributed by atoms with Crippen molar-refractivity contribution in [2.45, 2.75) is 6.92 Å². The van der Waals surface area contributed by atoms with Crippen molar-refractivity contribution in [3.8, 4) is 23.0 Å². The van der Waals surface area contributed by atoms with Gasteiger partial charge in [-0.3, -0.25) is 4.79 Å². The van der Waals surface area contributed by atoms with Crippen molar-refractivity contribution in [1.82, 2.24) is 0 Å².